The van der Waals surface area contributed by atoms with Crippen molar-refractivity contribution in [1.29, 1.82) is 0 Å². The zero-order valence-corrected chi connectivity index (χ0v) is 17.9. The number of anilines is 2. The van der Waals surface area contributed by atoms with Gasteiger partial charge in [-0.25, -0.2) is 8.42 Å². The Morgan fingerprint density at radius 1 is 0.900 bits per heavy atom. The average molecular weight is 421 g/mol. The van der Waals surface area contributed by atoms with E-state index in [4.69, 9.17) is 0 Å². The minimum absolute atomic E-state index is 0.0654. The number of aryl methyl sites for hydroxylation is 3. The first kappa shape index (κ1) is 20.2. The summed E-state index contributed by atoms with van der Waals surface area (Å²) < 4.78 is 28.3. The lowest BCUT2D eigenvalue weighted by Gasteiger charge is -2.30. The summed E-state index contributed by atoms with van der Waals surface area (Å²) in [4.78, 5) is 15.0. The molecule has 0 unspecified atom stereocenters. The van der Waals surface area contributed by atoms with Gasteiger partial charge in [-0.1, -0.05) is 35.4 Å². The van der Waals surface area contributed by atoms with E-state index in [-0.39, 0.29) is 10.8 Å². The molecular weight excluding hydrogens is 396 g/mol. The number of carbonyl (C=O) groups is 1. The van der Waals surface area contributed by atoms with Crippen LogP contribution in [-0.4, -0.2) is 20.9 Å². The van der Waals surface area contributed by atoms with Crippen LogP contribution in [0.5, 0.6) is 0 Å². The van der Waals surface area contributed by atoms with Crippen LogP contribution >= 0.6 is 0 Å². The Balaban J connectivity index is 1.62. The van der Waals surface area contributed by atoms with Gasteiger partial charge in [-0.3, -0.25) is 9.52 Å². The number of carbonyl (C=O) groups excluding carboxylic acids is 1. The molecule has 0 saturated carbocycles. The van der Waals surface area contributed by atoms with Gasteiger partial charge in [-0.05, 0) is 74.7 Å². The lowest BCUT2D eigenvalue weighted by Crippen LogP contribution is -2.35. The summed E-state index contributed by atoms with van der Waals surface area (Å²) in [5.74, 6) is -0.0654. The highest BCUT2D eigenvalue weighted by atomic mass is 32.2. The molecule has 4 rings (SSSR count). The zero-order valence-electron chi connectivity index (χ0n) is 17.1. The van der Waals surface area contributed by atoms with Gasteiger partial charge in [-0.2, -0.15) is 0 Å². The van der Waals surface area contributed by atoms with Crippen molar-refractivity contribution >= 4 is 27.3 Å². The lowest BCUT2D eigenvalue weighted by atomic mass is 10.0. The average Bonchev–Trinajstić information content (AvgIpc) is 2.74. The second-order valence-electron chi connectivity index (χ2n) is 7.69. The van der Waals surface area contributed by atoms with Crippen molar-refractivity contribution in [2.45, 2.75) is 31.6 Å². The molecule has 5 nitrogen and oxygen atoms in total. The Morgan fingerprint density at radius 2 is 1.53 bits per heavy atom. The number of nitrogens with zero attached hydrogens (tertiary/aromatic N) is 1. The smallest absolute Gasteiger partial charge is 0.261 e. The van der Waals surface area contributed by atoms with Crippen molar-refractivity contribution in [1.82, 2.24) is 0 Å². The van der Waals surface area contributed by atoms with Crippen molar-refractivity contribution in [2.24, 2.45) is 0 Å². The van der Waals surface area contributed by atoms with Gasteiger partial charge in [0.1, 0.15) is 0 Å². The third kappa shape index (κ3) is 4.09. The van der Waals surface area contributed by atoms with E-state index in [1.165, 1.54) is 0 Å². The summed E-state index contributed by atoms with van der Waals surface area (Å²) in [6, 6.07) is 19.7. The van der Waals surface area contributed by atoms with Crippen molar-refractivity contribution in [3.63, 3.8) is 0 Å². The topological polar surface area (TPSA) is 66.5 Å². The minimum Gasteiger partial charge on any atom is -0.308 e. The van der Waals surface area contributed by atoms with Crippen LogP contribution in [0, 0.1) is 13.8 Å². The Kier molecular flexibility index (Phi) is 5.35. The Labute approximate surface area is 177 Å². The van der Waals surface area contributed by atoms with Crippen LogP contribution in [0.15, 0.2) is 71.6 Å². The summed E-state index contributed by atoms with van der Waals surface area (Å²) in [5, 5.41) is 0. The van der Waals surface area contributed by atoms with Crippen LogP contribution in [0.25, 0.3) is 0 Å². The SMILES string of the molecule is Cc1ccc(NS(=O)(=O)c2ccc3c(c2)CCCN3C(=O)c2ccc(C)cc2)cc1. The predicted molar refractivity (Wildman–Crippen MR) is 120 cm³/mol. The van der Waals surface area contributed by atoms with Gasteiger partial charge in [0.05, 0.1) is 4.90 Å². The quantitative estimate of drug-likeness (QED) is 0.665. The predicted octanol–water partition coefficient (Wildman–Crippen LogP) is 4.70. The molecular formula is C24H24N2O3S. The molecule has 0 aliphatic carbocycles. The van der Waals surface area contributed by atoms with E-state index < -0.39 is 10.0 Å². The fourth-order valence-corrected chi connectivity index (χ4v) is 4.75. The van der Waals surface area contributed by atoms with E-state index in [2.05, 4.69) is 4.72 Å². The molecule has 1 aliphatic rings. The highest BCUT2D eigenvalue weighted by Crippen LogP contribution is 2.31. The van der Waals surface area contributed by atoms with Crippen LogP contribution in [0.2, 0.25) is 0 Å². The number of benzene rings is 3. The van der Waals surface area contributed by atoms with E-state index in [1.807, 2.05) is 50.2 Å². The molecule has 0 radical (unpaired) electrons. The first-order valence-corrected chi connectivity index (χ1v) is 11.4. The summed E-state index contributed by atoms with van der Waals surface area (Å²) in [5.41, 5.74) is 4.96. The molecule has 0 saturated heterocycles. The molecule has 0 aromatic heterocycles. The fraction of sp³-hybridized carbons (Fsp3) is 0.208. The van der Waals surface area contributed by atoms with Gasteiger partial charge in [0.2, 0.25) is 0 Å². The van der Waals surface area contributed by atoms with Crippen molar-refractivity contribution in [3.05, 3.63) is 89.0 Å². The normalized spacial score (nSPS) is 13.6. The van der Waals surface area contributed by atoms with Crippen molar-refractivity contribution < 1.29 is 13.2 Å². The largest absolute Gasteiger partial charge is 0.308 e. The monoisotopic (exact) mass is 420 g/mol. The van der Waals surface area contributed by atoms with Gasteiger partial charge in [0.25, 0.3) is 15.9 Å². The lowest BCUT2D eigenvalue weighted by molar-refractivity contribution is 0.0985. The van der Waals surface area contributed by atoms with E-state index in [0.29, 0.717) is 17.8 Å². The summed E-state index contributed by atoms with van der Waals surface area (Å²) in [7, 11) is -3.71. The molecule has 0 bridgehead atoms. The summed E-state index contributed by atoms with van der Waals surface area (Å²) in [6.45, 7) is 4.55. The first-order valence-electron chi connectivity index (χ1n) is 9.94. The fourth-order valence-electron chi connectivity index (χ4n) is 3.64. The van der Waals surface area contributed by atoms with Gasteiger partial charge in [-0.15, -0.1) is 0 Å². The second kappa shape index (κ2) is 7.95. The molecule has 3 aromatic carbocycles. The summed E-state index contributed by atoms with van der Waals surface area (Å²) in [6.07, 6.45) is 1.53. The number of hydrogen-bond donors (Lipinski definition) is 1. The minimum atomic E-state index is -3.71. The highest BCUT2D eigenvalue weighted by Gasteiger charge is 2.25. The maximum absolute atomic E-state index is 13.0. The molecule has 6 heteroatoms. The molecule has 1 amide bonds. The number of hydrogen-bond acceptors (Lipinski definition) is 3. The van der Waals surface area contributed by atoms with E-state index >= 15 is 0 Å². The Bertz CT molecular complexity index is 1180. The molecule has 3 aromatic rings. The second-order valence-corrected chi connectivity index (χ2v) is 9.37. The van der Waals surface area contributed by atoms with Crippen LogP contribution in [0.1, 0.15) is 33.5 Å². The van der Waals surface area contributed by atoms with Gasteiger partial charge in [0.15, 0.2) is 0 Å². The molecule has 1 heterocycles. The molecule has 30 heavy (non-hydrogen) atoms. The van der Waals surface area contributed by atoms with Crippen LogP contribution in [0.4, 0.5) is 11.4 Å². The molecule has 0 spiro atoms. The highest BCUT2D eigenvalue weighted by molar-refractivity contribution is 7.92. The molecule has 1 aliphatic heterocycles. The van der Waals surface area contributed by atoms with Crippen molar-refractivity contribution in [3.8, 4) is 0 Å². The number of fused-ring (bicyclic) bond motifs is 1. The number of amides is 1. The van der Waals surface area contributed by atoms with Gasteiger partial charge >= 0.3 is 0 Å². The number of sulfonamides is 1. The van der Waals surface area contributed by atoms with Crippen LogP contribution in [0.3, 0.4) is 0 Å². The van der Waals surface area contributed by atoms with Crippen molar-refractivity contribution in [2.75, 3.05) is 16.2 Å². The Hall–Kier alpha value is -3.12. The van der Waals surface area contributed by atoms with E-state index in [9.17, 15) is 13.2 Å². The third-order valence-corrected chi connectivity index (χ3v) is 6.71. The molecule has 1 N–H and O–H groups in total. The Morgan fingerprint density at radius 3 is 2.20 bits per heavy atom. The third-order valence-electron chi connectivity index (χ3n) is 5.33. The van der Waals surface area contributed by atoms with Gasteiger partial charge in [0, 0.05) is 23.5 Å². The zero-order chi connectivity index (χ0) is 21.3. The number of rotatable bonds is 4. The standard InChI is InChI=1S/C24H24N2O3S/c1-17-5-9-19(10-6-17)24(27)26-15-3-4-20-16-22(13-14-23(20)26)30(28,29)25-21-11-7-18(2)8-12-21/h5-14,16,25H,3-4,15H2,1-2H3. The van der Waals surface area contributed by atoms with E-state index in [0.717, 1.165) is 35.2 Å². The maximum atomic E-state index is 13.0. The maximum Gasteiger partial charge on any atom is 0.261 e. The molecule has 0 fully saturated rings. The van der Waals surface area contributed by atoms with Crippen LogP contribution in [-0.2, 0) is 16.4 Å². The molecule has 0 atom stereocenters. The van der Waals surface area contributed by atoms with Crippen LogP contribution < -0.4 is 9.62 Å². The summed E-state index contributed by atoms with van der Waals surface area (Å²) >= 11 is 0. The molecule has 154 valence electrons. The number of nitrogens with one attached hydrogen (secondary N) is 1. The first-order chi connectivity index (χ1) is 14.3. The van der Waals surface area contributed by atoms with Gasteiger partial charge < -0.3 is 4.90 Å². The van der Waals surface area contributed by atoms with E-state index in [1.54, 1.807) is 35.2 Å².